The van der Waals surface area contributed by atoms with Crippen LogP contribution < -0.4 is 0 Å². The first kappa shape index (κ1) is 11.7. The van der Waals surface area contributed by atoms with Crippen molar-refractivity contribution in [3.8, 4) is 0 Å². The standard InChI is InChI=1S/C16H28N2/c1-3-14(4-1)5-12-18-9-2-8-16(18)13-17-10-6-15(16)7-11-17/h14-15H,1-13H2. The highest BCUT2D eigenvalue weighted by Crippen LogP contribution is 2.46. The fourth-order valence-corrected chi connectivity index (χ4v) is 5.20. The Kier molecular flexibility index (Phi) is 2.92. The van der Waals surface area contributed by atoms with Crippen molar-refractivity contribution in [3.63, 3.8) is 0 Å². The third-order valence-electron chi connectivity index (χ3n) is 6.54. The minimum absolute atomic E-state index is 0.625. The van der Waals surface area contributed by atoms with Crippen molar-refractivity contribution < 1.29 is 0 Å². The summed E-state index contributed by atoms with van der Waals surface area (Å²) in [6, 6.07) is 0. The van der Waals surface area contributed by atoms with Crippen LogP contribution in [-0.4, -0.2) is 48.1 Å². The van der Waals surface area contributed by atoms with Crippen LogP contribution in [0.25, 0.3) is 0 Å². The molecular formula is C16H28N2. The zero-order chi connectivity index (χ0) is 12.0. The van der Waals surface area contributed by atoms with Crippen LogP contribution >= 0.6 is 0 Å². The van der Waals surface area contributed by atoms with Gasteiger partial charge >= 0.3 is 0 Å². The molecule has 1 saturated carbocycles. The van der Waals surface area contributed by atoms with Gasteiger partial charge in [-0.3, -0.25) is 4.90 Å². The van der Waals surface area contributed by atoms with Gasteiger partial charge in [-0.25, -0.2) is 0 Å². The van der Waals surface area contributed by atoms with Crippen molar-refractivity contribution in [2.45, 2.75) is 56.9 Å². The zero-order valence-corrected chi connectivity index (χ0v) is 11.7. The van der Waals surface area contributed by atoms with Crippen molar-refractivity contribution in [3.05, 3.63) is 0 Å². The van der Waals surface area contributed by atoms with Crippen LogP contribution in [0.5, 0.6) is 0 Å². The van der Waals surface area contributed by atoms with E-state index in [0.717, 1.165) is 11.8 Å². The first-order chi connectivity index (χ1) is 8.87. The number of fused-ring (bicyclic) bond motifs is 2. The summed E-state index contributed by atoms with van der Waals surface area (Å²) in [5, 5.41) is 0. The number of piperidine rings is 3. The number of hydrogen-bond donors (Lipinski definition) is 0. The van der Waals surface area contributed by atoms with Gasteiger partial charge in [0.05, 0.1) is 0 Å². The smallest absolute Gasteiger partial charge is 0.0365 e. The highest BCUT2D eigenvalue weighted by Gasteiger charge is 2.51. The van der Waals surface area contributed by atoms with E-state index >= 15 is 0 Å². The van der Waals surface area contributed by atoms with Crippen molar-refractivity contribution in [1.82, 2.24) is 9.80 Å². The molecule has 0 amide bonds. The molecule has 0 aromatic heterocycles. The summed E-state index contributed by atoms with van der Waals surface area (Å²) >= 11 is 0. The number of rotatable bonds is 3. The van der Waals surface area contributed by atoms with Crippen LogP contribution in [0.4, 0.5) is 0 Å². The summed E-state index contributed by atoms with van der Waals surface area (Å²) < 4.78 is 0. The van der Waals surface area contributed by atoms with E-state index in [2.05, 4.69) is 9.80 Å². The average Bonchev–Trinajstić information content (AvgIpc) is 2.72. The van der Waals surface area contributed by atoms with Gasteiger partial charge in [0.1, 0.15) is 0 Å². The fraction of sp³-hybridized carbons (Fsp3) is 1.00. The fourth-order valence-electron chi connectivity index (χ4n) is 5.20. The first-order valence-electron chi connectivity index (χ1n) is 8.34. The lowest BCUT2D eigenvalue weighted by Gasteiger charge is -2.56. The molecule has 0 aromatic rings. The average molecular weight is 248 g/mol. The molecule has 4 aliphatic heterocycles. The summed E-state index contributed by atoms with van der Waals surface area (Å²) in [5.74, 6) is 2.12. The lowest BCUT2D eigenvalue weighted by molar-refractivity contribution is -0.0531. The Morgan fingerprint density at radius 3 is 2.39 bits per heavy atom. The Hall–Kier alpha value is -0.0800. The van der Waals surface area contributed by atoms with E-state index in [1.54, 1.807) is 0 Å². The Morgan fingerprint density at radius 2 is 1.78 bits per heavy atom. The molecule has 4 heterocycles. The Balaban J connectivity index is 1.45. The molecule has 5 aliphatic rings. The maximum atomic E-state index is 2.93. The molecule has 5 rings (SSSR count). The number of nitrogens with zero attached hydrogens (tertiary/aromatic N) is 2. The third kappa shape index (κ3) is 1.76. The number of hydrogen-bond acceptors (Lipinski definition) is 2. The maximum Gasteiger partial charge on any atom is 0.0365 e. The Bertz CT molecular complexity index is 304. The second-order valence-electron chi connectivity index (χ2n) is 7.33. The molecule has 102 valence electrons. The Morgan fingerprint density at radius 1 is 0.944 bits per heavy atom. The quantitative estimate of drug-likeness (QED) is 0.758. The second kappa shape index (κ2) is 4.49. The molecule has 18 heavy (non-hydrogen) atoms. The SMILES string of the molecule is C1CC(CCN2CCCC23CN2CCC3CC2)C1. The molecule has 2 heteroatoms. The van der Waals surface area contributed by atoms with Crippen LogP contribution in [-0.2, 0) is 0 Å². The predicted octanol–water partition coefficient (Wildman–Crippen LogP) is 2.74. The Labute approximate surface area is 112 Å². The topological polar surface area (TPSA) is 6.48 Å². The van der Waals surface area contributed by atoms with Crippen molar-refractivity contribution in [2.75, 3.05) is 32.7 Å². The van der Waals surface area contributed by atoms with Crippen LogP contribution in [0, 0.1) is 11.8 Å². The second-order valence-corrected chi connectivity index (χ2v) is 7.33. The van der Waals surface area contributed by atoms with Crippen LogP contribution in [0.15, 0.2) is 0 Å². The van der Waals surface area contributed by atoms with Gasteiger partial charge < -0.3 is 4.90 Å². The molecule has 0 radical (unpaired) electrons. The summed E-state index contributed by atoms with van der Waals surface area (Å²) in [6.45, 7) is 7.00. The molecule has 2 bridgehead atoms. The monoisotopic (exact) mass is 248 g/mol. The molecule has 1 spiro atoms. The minimum atomic E-state index is 0.625. The molecule has 4 saturated heterocycles. The third-order valence-corrected chi connectivity index (χ3v) is 6.54. The van der Waals surface area contributed by atoms with Gasteiger partial charge in [0.15, 0.2) is 0 Å². The van der Waals surface area contributed by atoms with Crippen molar-refractivity contribution in [2.24, 2.45) is 11.8 Å². The normalized spacial score (nSPS) is 44.7. The molecule has 5 fully saturated rings. The van der Waals surface area contributed by atoms with E-state index in [1.165, 1.54) is 84.1 Å². The zero-order valence-electron chi connectivity index (χ0n) is 11.7. The number of likely N-dealkylation sites (tertiary alicyclic amines) is 1. The molecule has 1 aliphatic carbocycles. The summed E-state index contributed by atoms with van der Waals surface area (Å²) in [4.78, 5) is 5.68. The molecule has 0 N–H and O–H groups in total. The molecule has 1 atom stereocenters. The van der Waals surface area contributed by atoms with E-state index in [-0.39, 0.29) is 0 Å². The van der Waals surface area contributed by atoms with Gasteiger partial charge in [0.2, 0.25) is 0 Å². The summed E-state index contributed by atoms with van der Waals surface area (Å²) in [7, 11) is 0. The van der Waals surface area contributed by atoms with Crippen LogP contribution in [0.3, 0.4) is 0 Å². The van der Waals surface area contributed by atoms with Gasteiger partial charge in [0, 0.05) is 12.1 Å². The summed E-state index contributed by atoms with van der Waals surface area (Å²) in [6.07, 6.45) is 12.0. The molecule has 2 nitrogen and oxygen atoms in total. The largest absolute Gasteiger partial charge is 0.301 e. The van der Waals surface area contributed by atoms with E-state index in [0.29, 0.717) is 5.54 Å². The van der Waals surface area contributed by atoms with Crippen LogP contribution in [0.2, 0.25) is 0 Å². The maximum absolute atomic E-state index is 2.93. The lowest BCUT2D eigenvalue weighted by Crippen LogP contribution is -2.64. The van der Waals surface area contributed by atoms with E-state index < -0.39 is 0 Å². The lowest BCUT2D eigenvalue weighted by atomic mass is 9.71. The minimum Gasteiger partial charge on any atom is -0.301 e. The van der Waals surface area contributed by atoms with E-state index in [9.17, 15) is 0 Å². The first-order valence-corrected chi connectivity index (χ1v) is 8.34. The van der Waals surface area contributed by atoms with Crippen LogP contribution in [0.1, 0.15) is 51.4 Å². The van der Waals surface area contributed by atoms with Crippen molar-refractivity contribution >= 4 is 0 Å². The highest BCUT2D eigenvalue weighted by atomic mass is 15.3. The van der Waals surface area contributed by atoms with Gasteiger partial charge in [-0.05, 0) is 70.1 Å². The molecule has 1 unspecified atom stereocenters. The van der Waals surface area contributed by atoms with Gasteiger partial charge in [0.25, 0.3) is 0 Å². The van der Waals surface area contributed by atoms with Gasteiger partial charge in [-0.15, -0.1) is 0 Å². The molecular weight excluding hydrogens is 220 g/mol. The summed E-state index contributed by atoms with van der Waals surface area (Å²) in [5.41, 5.74) is 0.625. The van der Waals surface area contributed by atoms with E-state index in [4.69, 9.17) is 0 Å². The van der Waals surface area contributed by atoms with Gasteiger partial charge in [-0.1, -0.05) is 19.3 Å². The van der Waals surface area contributed by atoms with Gasteiger partial charge in [-0.2, -0.15) is 0 Å². The molecule has 0 aromatic carbocycles. The van der Waals surface area contributed by atoms with Crippen molar-refractivity contribution in [1.29, 1.82) is 0 Å². The van der Waals surface area contributed by atoms with E-state index in [1.807, 2.05) is 0 Å². The predicted molar refractivity (Wildman–Crippen MR) is 74.7 cm³/mol. The highest BCUT2D eigenvalue weighted by molar-refractivity contribution is 5.08.